The number of aromatic nitrogens is 2. The standard InChI is InChI=1S/C16H23N3O/c1-4-11-19-12-10-18-16(19)15(17-5-2)13-6-8-14(20-3)9-7-13/h6-10,12,15,17H,4-5,11H2,1-3H3. The number of ether oxygens (including phenoxy) is 1. The maximum atomic E-state index is 5.22. The molecule has 1 N–H and O–H groups in total. The van der Waals surface area contributed by atoms with Crippen LogP contribution in [-0.2, 0) is 6.54 Å². The van der Waals surface area contributed by atoms with E-state index in [0.717, 1.165) is 31.1 Å². The highest BCUT2D eigenvalue weighted by Gasteiger charge is 2.17. The van der Waals surface area contributed by atoms with Crippen LogP contribution in [0.25, 0.3) is 0 Å². The number of methoxy groups -OCH3 is 1. The van der Waals surface area contributed by atoms with Crippen LogP contribution < -0.4 is 10.1 Å². The number of hydrogen-bond donors (Lipinski definition) is 1. The van der Waals surface area contributed by atoms with Gasteiger partial charge in [-0.25, -0.2) is 4.98 Å². The molecule has 20 heavy (non-hydrogen) atoms. The van der Waals surface area contributed by atoms with Gasteiger partial charge in [0.15, 0.2) is 0 Å². The van der Waals surface area contributed by atoms with E-state index in [2.05, 4.69) is 40.8 Å². The normalized spacial score (nSPS) is 12.3. The van der Waals surface area contributed by atoms with Gasteiger partial charge < -0.3 is 14.6 Å². The van der Waals surface area contributed by atoms with E-state index in [1.165, 1.54) is 5.56 Å². The van der Waals surface area contributed by atoms with Crippen LogP contribution in [0.4, 0.5) is 0 Å². The van der Waals surface area contributed by atoms with Crippen LogP contribution in [0.1, 0.15) is 37.7 Å². The molecule has 1 atom stereocenters. The Balaban J connectivity index is 2.31. The average molecular weight is 273 g/mol. The van der Waals surface area contributed by atoms with Gasteiger partial charge in [-0.3, -0.25) is 0 Å². The molecule has 1 heterocycles. The van der Waals surface area contributed by atoms with Crippen molar-refractivity contribution in [1.82, 2.24) is 14.9 Å². The highest BCUT2D eigenvalue weighted by Crippen LogP contribution is 2.23. The monoisotopic (exact) mass is 273 g/mol. The van der Waals surface area contributed by atoms with Gasteiger partial charge >= 0.3 is 0 Å². The number of hydrogen-bond acceptors (Lipinski definition) is 3. The van der Waals surface area contributed by atoms with Crippen molar-refractivity contribution in [3.05, 3.63) is 48.0 Å². The smallest absolute Gasteiger partial charge is 0.130 e. The quantitative estimate of drug-likeness (QED) is 0.843. The fourth-order valence-electron chi connectivity index (χ4n) is 2.37. The zero-order chi connectivity index (χ0) is 14.4. The summed E-state index contributed by atoms with van der Waals surface area (Å²) in [5.41, 5.74) is 1.20. The van der Waals surface area contributed by atoms with Crippen molar-refractivity contribution in [3.8, 4) is 5.75 Å². The minimum absolute atomic E-state index is 0.118. The zero-order valence-corrected chi connectivity index (χ0v) is 12.5. The molecule has 108 valence electrons. The molecule has 0 bridgehead atoms. The van der Waals surface area contributed by atoms with E-state index in [-0.39, 0.29) is 6.04 Å². The third kappa shape index (κ3) is 3.20. The highest BCUT2D eigenvalue weighted by atomic mass is 16.5. The lowest BCUT2D eigenvalue weighted by Crippen LogP contribution is -2.25. The van der Waals surface area contributed by atoms with E-state index < -0.39 is 0 Å². The summed E-state index contributed by atoms with van der Waals surface area (Å²) in [5.74, 6) is 1.94. The van der Waals surface area contributed by atoms with Crippen LogP contribution in [0.3, 0.4) is 0 Å². The molecule has 2 rings (SSSR count). The predicted molar refractivity (Wildman–Crippen MR) is 81.0 cm³/mol. The van der Waals surface area contributed by atoms with Crippen LogP contribution >= 0.6 is 0 Å². The van der Waals surface area contributed by atoms with Gasteiger partial charge in [0.2, 0.25) is 0 Å². The summed E-state index contributed by atoms with van der Waals surface area (Å²) in [6.07, 6.45) is 5.02. The molecule has 2 aromatic rings. The predicted octanol–water partition coefficient (Wildman–Crippen LogP) is 3.00. The van der Waals surface area contributed by atoms with Crippen LogP contribution in [0.15, 0.2) is 36.7 Å². The molecule has 1 unspecified atom stereocenters. The van der Waals surface area contributed by atoms with E-state index in [1.807, 2.05) is 24.5 Å². The lowest BCUT2D eigenvalue weighted by Gasteiger charge is -2.19. The molecule has 4 heteroatoms. The number of imidazole rings is 1. The Morgan fingerprint density at radius 2 is 2.00 bits per heavy atom. The van der Waals surface area contributed by atoms with Gasteiger partial charge in [0.1, 0.15) is 11.6 Å². The molecule has 0 aliphatic heterocycles. The number of nitrogens with zero attached hydrogens (tertiary/aromatic N) is 2. The number of aryl methyl sites for hydroxylation is 1. The Kier molecular flexibility index (Phi) is 5.18. The number of nitrogens with one attached hydrogen (secondary N) is 1. The van der Waals surface area contributed by atoms with Crippen molar-refractivity contribution in [2.45, 2.75) is 32.9 Å². The Labute approximate surface area is 120 Å². The molecule has 0 saturated carbocycles. The van der Waals surface area contributed by atoms with Gasteiger partial charge in [0, 0.05) is 18.9 Å². The Bertz CT molecular complexity index is 519. The molecule has 1 aromatic carbocycles. The zero-order valence-electron chi connectivity index (χ0n) is 12.5. The molecule has 1 aromatic heterocycles. The summed E-state index contributed by atoms with van der Waals surface area (Å²) in [4.78, 5) is 4.54. The van der Waals surface area contributed by atoms with Crippen molar-refractivity contribution in [2.75, 3.05) is 13.7 Å². The lowest BCUT2D eigenvalue weighted by atomic mass is 10.1. The first-order valence-electron chi connectivity index (χ1n) is 7.18. The molecule has 0 radical (unpaired) electrons. The maximum Gasteiger partial charge on any atom is 0.130 e. The number of rotatable bonds is 7. The van der Waals surface area contributed by atoms with Crippen molar-refractivity contribution >= 4 is 0 Å². The minimum atomic E-state index is 0.118. The molecule has 0 amide bonds. The second-order valence-electron chi connectivity index (χ2n) is 4.74. The van der Waals surface area contributed by atoms with E-state index in [4.69, 9.17) is 4.74 Å². The largest absolute Gasteiger partial charge is 0.497 e. The maximum absolute atomic E-state index is 5.22. The third-order valence-corrected chi connectivity index (χ3v) is 3.33. The van der Waals surface area contributed by atoms with Gasteiger partial charge in [0.25, 0.3) is 0 Å². The van der Waals surface area contributed by atoms with Crippen LogP contribution in [0, 0.1) is 0 Å². The minimum Gasteiger partial charge on any atom is -0.497 e. The lowest BCUT2D eigenvalue weighted by molar-refractivity contribution is 0.414. The second kappa shape index (κ2) is 7.10. The third-order valence-electron chi connectivity index (χ3n) is 3.33. The van der Waals surface area contributed by atoms with E-state index in [0.29, 0.717) is 0 Å². The summed E-state index contributed by atoms with van der Waals surface area (Å²) in [5, 5.41) is 3.51. The van der Waals surface area contributed by atoms with Crippen LogP contribution in [0.5, 0.6) is 5.75 Å². The summed E-state index contributed by atoms with van der Waals surface area (Å²) < 4.78 is 7.44. The van der Waals surface area contributed by atoms with Gasteiger partial charge in [-0.2, -0.15) is 0 Å². The Morgan fingerprint density at radius 3 is 2.60 bits per heavy atom. The van der Waals surface area contributed by atoms with Crippen molar-refractivity contribution < 1.29 is 4.74 Å². The van der Waals surface area contributed by atoms with Crippen molar-refractivity contribution in [2.24, 2.45) is 0 Å². The molecule has 0 saturated heterocycles. The molecular formula is C16H23N3O. The first-order chi connectivity index (χ1) is 9.80. The van der Waals surface area contributed by atoms with Gasteiger partial charge in [-0.1, -0.05) is 26.0 Å². The highest BCUT2D eigenvalue weighted by molar-refractivity contribution is 5.32. The summed E-state index contributed by atoms with van der Waals surface area (Å²) in [6.45, 7) is 6.19. The SMILES string of the molecule is CCCn1ccnc1C(NCC)c1ccc(OC)cc1. The summed E-state index contributed by atoms with van der Waals surface area (Å²) >= 11 is 0. The second-order valence-corrected chi connectivity index (χ2v) is 4.74. The van der Waals surface area contributed by atoms with Gasteiger partial charge in [-0.15, -0.1) is 0 Å². The summed E-state index contributed by atoms with van der Waals surface area (Å²) in [7, 11) is 1.69. The van der Waals surface area contributed by atoms with Gasteiger partial charge in [0.05, 0.1) is 13.2 Å². The van der Waals surface area contributed by atoms with Crippen molar-refractivity contribution in [3.63, 3.8) is 0 Å². The average Bonchev–Trinajstić information content (AvgIpc) is 2.93. The number of benzene rings is 1. The molecule has 0 spiro atoms. The molecular weight excluding hydrogens is 250 g/mol. The molecule has 0 fully saturated rings. The van der Waals surface area contributed by atoms with Crippen LogP contribution in [0.2, 0.25) is 0 Å². The first-order valence-corrected chi connectivity index (χ1v) is 7.18. The first kappa shape index (κ1) is 14.6. The van der Waals surface area contributed by atoms with E-state index in [1.54, 1.807) is 7.11 Å². The van der Waals surface area contributed by atoms with E-state index >= 15 is 0 Å². The molecule has 4 nitrogen and oxygen atoms in total. The molecule has 0 aliphatic rings. The van der Waals surface area contributed by atoms with Crippen LogP contribution in [-0.4, -0.2) is 23.2 Å². The summed E-state index contributed by atoms with van der Waals surface area (Å²) in [6, 6.07) is 8.29. The fraction of sp³-hybridized carbons (Fsp3) is 0.438. The fourth-order valence-corrected chi connectivity index (χ4v) is 2.37. The topological polar surface area (TPSA) is 39.1 Å². The van der Waals surface area contributed by atoms with Crippen molar-refractivity contribution in [1.29, 1.82) is 0 Å². The molecule has 0 aliphatic carbocycles. The van der Waals surface area contributed by atoms with E-state index in [9.17, 15) is 0 Å². The van der Waals surface area contributed by atoms with Gasteiger partial charge in [-0.05, 0) is 30.7 Å². The Morgan fingerprint density at radius 1 is 1.25 bits per heavy atom. The Hall–Kier alpha value is -1.81.